The Morgan fingerprint density at radius 1 is 1.09 bits per heavy atom. The van der Waals surface area contributed by atoms with Crippen LogP contribution in [0.1, 0.15) is 11.7 Å². The maximum atomic E-state index is 12.5. The van der Waals surface area contributed by atoms with Gasteiger partial charge in [-0.05, 0) is 17.5 Å². The zero-order valence-corrected chi connectivity index (χ0v) is 12.5. The first-order valence-corrected chi connectivity index (χ1v) is 8.24. The van der Waals surface area contributed by atoms with Gasteiger partial charge in [0.05, 0.1) is 23.5 Å². The van der Waals surface area contributed by atoms with Crippen molar-refractivity contribution in [3.05, 3.63) is 66.6 Å². The van der Waals surface area contributed by atoms with Crippen LogP contribution in [-0.2, 0) is 10.0 Å². The lowest BCUT2D eigenvalue weighted by molar-refractivity contribution is 0.181. The summed E-state index contributed by atoms with van der Waals surface area (Å²) in [6.07, 6.45) is 1.86. The summed E-state index contributed by atoms with van der Waals surface area (Å²) in [5.41, 5.74) is 0.528. The Kier molecular flexibility index (Phi) is 3.98. The van der Waals surface area contributed by atoms with Gasteiger partial charge in [-0.25, -0.2) is 13.1 Å². The molecule has 0 spiro atoms. The summed E-state index contributed by atoms with van der Waals surface area (Å²) in [5, 5.41) is 11.4. The predicted octanol–water partition coefficient (Wildman–Crippen LogP) is 2.44. The lowest BCUT2D eigenvalue weighted by Crippen LogP contribution is -2.28. The van der Waals surface area contributed by atoms with Crippen LogP contribution in [0.3, 0.4) is 0 Å². The Balaban J connectivity index is 1.86. The number of nitrogens with one attached hydrogen (secondary N) is 1. The van der Waals surface area contributed by atoms with E-state index in [0.717, 1.165) is 5.39 Å². The van der Waals surface area contributed by atoms with Crippen LogP contribution in [0.15, 0.2) is 70.4 Å². The molecule has 6 heteroatoms. The molecule has 0 radical (unpaired) electrons. The molecule has 1 aromatic heterocycles. The van der Waals surface area contributed by atoms with Gasteiger partial charge in [0, 0.05) is 17.5 Å². The van der Waals surface area contributed by atoms with E-state index >= 15 is 0 Å². The van der Waals surface area contributed by atoms with Crippen molar-refractivity contribution in [3.63, 3.8) is 0 Å². The number of hydrogen-bond donors (Lipinski definition) is 2. The molecule has 0 amide bonds. The minimum Gasteiger partial charge on any atom is -0.472 e. The van der Waals surface area contributed by atoms with Crippen LogP contribution in [0.25, 0.3) is 10.8 Å². The molecule has 0 aliphatic heterocycles. The highest BCUT2D eigenvalue weighted by molar-refractivity contribution is 7.89. The fourth-order valence-electron chi connectivity index (χ4n) is 2.28. The lowest BCUT2D eigenvalue weighted by Gasteiger charge is -2.12. The second-order valence-corrected chi connectivity index (χ2v) is 6.64. The zero-order chi connectivity index (χ0) is 15.6. The summed E-state index contributed by atoms with van der Waals surface area (Å²) in [5.74, 6) is 0. The second kappa shape index (κ2) is 5.92. The van der Waals surface area contributed by atoms with Gasteiger partial charge in [-0.15, -0.1) is 0 Å². The zero-order valence-electron chi connectivity index (χ0n) is 11.6. The molecule has 1 heterocycles. The van der Waals surface area contributed by atoms with Crippen molar-refractivity contribution in [3.8, 4) is 0 Å². The van der Waals surface area contributed by atoms with Crippen LogP contribution in [0.5, 0.6) is 0 Å². The highest BCUT2D eigenvalue weighted by Crippen LogP contribution is 2.23. The molecule has 2 aromatic carbocycles. The molecule has 1 atom stereocenters. The minimum absolute atomic E-state index is 0.120. The van der Waals surface area contributed by atoms with Crippen molar-refractivity contribution in [2.24, 2.45) is 0 Å². The van der Waals surface area contributed by atoms with E-state index in [4.69, 9.17) is 4.42 Å². The number of benzene rings is 2. The second-order valence-electron chi connectivity index (χ2n) is 4.90. The number of hydrogen-bond acceptors (Lipinski definition) is 4. The quantitative estimate of drug-likeness (QED) is 0.757. The van der Waals surface area contributed by atoms with Crippen molar-refractivity contribution in [1.29, 1.82) is 0 Å². The highest BCUT2D eigenvalue weighted by Gasteiger charge is 2.19. The minimum atomic E-state index is -3.71. The van der Waals surface area contributed by atoms with Crippen molar-refractivity contribution in [2.75, 3.05) is 6.54 Å². The molecular weight excluding hydrogens is 302 g/mol. The molecule has 0 bridgehead atoms. The highest BCUT2D eigenvalue weighted by atomic mass is 32.2. The predicted molar refractivity (Wildman–Crippen MR) is 82.8 cm³/mol. The number of rotatable bonds is 5. The lowest BCUT2D eigenvalue weighted by atomic mass is 10.1. The van der Waals surface area contributed by atoms with Gasteiger partial charge in [0.2, 0.25) is 10.0 Å². The standard InChI is InChI=1S/C16H15NO4S/c18-15(13-8-9-21-11-13)10-17-22(19,20)16-7-3-5-12-4-1-2-6-14(12)16/h1-9,11,15,17-18H,10H2/t15-/m1/s1. The van der Waals surface area contributed by atoms with Crippen LogP contribution >= 0.6 is 0 Å². The molecule has 0 saturated heterocycles. The summed E-state index contributed by atoms with van der Waals surface area (Å²) in [7, 11) is -3.71. The van der Waals surface area contributed by atoms with E-state index in [9.17, 15) is 13.5 Å². The first-order valence-electron chi connectivity index (χ1n) is 6.75. The van der Waals surface area contributed by atoms with E-state index in [1.807, 2.05) is 18.2 Å². The first kappa shape index (κ1) is 14.8. The van der Waals surface area contributed by atoms with Crippen molar-refractivity contribution in [1.82, 2.24) is 4.72 Å². The van der Waals surface area contributed by atoms with Gasteiger partial charge in [0.1, 0.15) is 0 Å². The SMILES string of the molecule is O=S(=O)(NC[C@@H](O)c1ccoc1)c1cccc2ccccc12. The van der Waals surface area contributed by atoms with E-state index in [1.165, 1.54) is 12.5 Å². The molecule has 0 saturated carbocycles. The number of furan rings is 1. The molecule has 0 unspecified atom stereocenters. The van der Waals surface area contributed by atoms with Gasteiger partial charge in [0.25, 0.3) is 0 Å². The Hall–Kier alpha value is -2.15. The van der Waals surface area contributed by atoms with E-state index in [2.05, 4.69) is 4.72 Å². The molecule has 22 heavy (non-hydrogen) atoms. The molecular formula is C16H15NO4S. The number of fused-ring (bicyclic) bond motifs is 1. The largest absolute Gasteiger partial charge is 0.472 e. The maximum absolute atomic E-state index is 12.5. The smallest absolute Gasteiger partial charge is 0.241 e. The molecule has 2 N–H and O–H groups in total. The molecule has 3 aromatic rings. The molecule has 0 aliphatic rings. The van der Waals surface area contributed by atoms with Gasteiger partial charge in [-0.2, -0.15) is 0 Å². The Morgan fingerprint density at radius 2 is 1.86 bits per heavy atom. The molecule has 0 aliphatic carbocycles. The van der Waals surface area contributed by atoms with Crippen molar-refractivity contribution < 1.29 is 17.9 Å². The molecule has 3 rings (SSSR count). The summed E-state index contributed by atoms with van der Waals surface area (Å²) in [6, 6.07) is 14.0. The van der Waals surface area contributed by atoms with Gasteiger partial charge in [-0.1, -0.05) is 36.4 Å². The monoisotopic (exact) mass is 317 g/mol. The third-order valence-corrected chi connectivity index (χ3v) is 4.92. The molecule has 114 valence electrons. The summed E-state index contributed by atoms with van der Waals surface area (Å²) in [6.45, 7) is -0.120. The number of aliphatic hydroxyl groups excluding tert-OH is 1. The van der Waals surface area contributed by atoms with Crippen LogP contribution < -0.4 is 4.72 Å². The maximum Gasteiger partial charge on any atom is 0.241 e. The average molecular weight is 317 g/mol. The van der Waals surface area contributed by atoms with Crippen LogP contribution in [0.4, 0.5) is 0 Å². The van der Waals surface area contributed by atoms with E-state index in [0.29, 0.717) is 10.9 Å². The Labute approximate surface area is 128 Å². The average Bonchev–Trinajstić information content (AvgIpc) is 3.06. The fourth-order valence-corrected chi connectivity index (χ4v) is 3.54. The fraction of sp³-hybridized carbons (Fsp3) is 0.125. The number of sulfonamides is 1. The van der Waals surface area contributed by atoms with Gasteiger partial charge < -0.3 is 9.52 Å². The third kappa shape index (κ3) is 2.89. The topological polar surface area (TPSA) is 79.5 Å². The van der Waals surface area contributed by atoms with E-state index in [-0.39, 0.29) is 11.4 Å². The Morgan fingerprint density at radius 3 is 2.64 bits per heavy atom. The first-order chi connectivity index (χ1) is 10.6. The van der Waals surface area contributed by atoms with Crippen LogP contribution in [-0.4, -0.2) is 20.1 Å². The van der Waals surface area contributed by atoms with Gasteiger partial charge in [-0.3, -0.25) is 0 Å². The molecule has 5 nitrogen and oxygen atoms in total. The van der Waals surface area contributed by atoms with Gasteiger partial charge >= 0.3 is 0 Å². The summed E-state index contributed by atoms with van der Waals surface area (Å²) in [4.78, 5) is 0.199. The summed E-state index contributed by atoms with van der Waals surface area (Å²) < 4.78 is 32.3. The van der Waals surface area contributed by atoms with Crippen LogP contribution in [0, 0.1) is 0 Å². The van der Waals surface area contributed by atoms with Gasteiger partial charge in [0.15, 0.2) is 0 Å². The van der Waals surface area contributed by atoms with E-state index in [1.54, 1.807) is 30.3 Å². The Bertz CT molecular complexity index is 867. The van der Waals surface area contributed by atoms with Crippen molar-refractivity contribution >= 4 is 20.8 Å². The van der Waals surface area contributed by atoms with Crippen LogP contribution in [0.2, 0.25) is 0 Å². The number of aliphatic hydroxyl groups is 1. The van der Waals surface area contributed by atoms with E-state index < -0.39 is 16.1 Å². The molecule has 0 fully saturated rings. The van der Waals surface area contributed by atoms with Crippen molar-refractivity contribution in [2.45, 2.75) is 11.0 Å². The third-order valence-electron chi connectivity index (χ3n) is 3.43. The summed E-state index contributed by atoms with van der Waals surface area (Å²) >= 11 is 0. The normalized spacial score (nSPS) is 13.3.